The number of likely N-dealkylation sites (N-methyl/N-ethyl adjacent to an activating group) is 1. The number of ether oxygens (including phenoxy) is 1. The minimum atomic E-state index is -0.896. The molecule has 0 aromatic rings. The van der Waals surface area contributed by atoms with Gasteiger partial charge in [-0.05, 0) is 20.0 Å². The van der Waals surface area contributed by atoms with Crippen molar-refractivity contribution in [1.29, 1.82) is 0 Å². The van der Waals surface area contributed by atoms with Crippen molar-refractivity contribution in [3.05, 3.63) is 0 Å². The molecule has 1 atom stereocenters. The lowest BCUT2D eigenvalue weighted by Gasteiger charge is -2.37. The van der Waals surface area contributed by atoms with Crippen molar-refractivity contribution >= 4 is 5.97 Å². The molecule has 64 valence electrons. The molecule has 11 heavy (non-hydrogen) atoms. The fraction of sp³-hybridized carbons (Fsp3) is 0.857. The van der Waals surface area contributed by atoms with E-state index in [1.807, 2.05) is 7.05 Å². The number of nitrogens with zero attached hydrogens (tertiary/aromatic N) is 1. The van der Waals surface area contributed by atoms with Crippen LogP contribution in [0.5, 0.6) is 0 Å². The third-order valence-corrected chi connectivity index (χ3v) is 1.97. The number of carboxylic acids is 1. The number of carbonyl (C=O) groups is 1. The Morgan fingerprint density at radius 2 is 2.55 bits per heavy atom. The molecule has 1 rings (SSSR count). The van der Waals surface area contributed by atoms with E-state index < -0.39 is 5.97 Å². The number of hydrogen-bond donors (Lipinski definition) is 1. The number of hydrogen-bond acceptors (Lipinski definition) is 3. The van der Waals surface area contributed by atoms with Gasteiger partial charge in [0.1, 0.15) is 6.61 Å². The van der Waals surface area contributed by atoms with Gasteiger partial charge in [0.15, 0.2) is 0 Å². The Morgan fingerprint density at radius 3 is 2.91 bits per heavy atom. The average Bonchev–Trinajstić information content (AvgIpc) is 1.94. The van der Waals surface area contributed by atoms with Crippen LogP contribution in [-0.2, 0) is 9.53 Å². The van der Waals surface area contributed by atoms with Crippen molar-refractivity contribution in [2.75, 3.05) is 26.8 Å². The number of rotatable bonds is 4. The van der Waals surface area contributed by atoms with Crippen molar-refractivity contribution in [1.82, 2.24) is 4.90 Å². The van der Waals surface area contributed by atoms with Crippen LogP contribution < -0.4 is 0 Å². The lowest BCUT2D eigenvalue weighted by atomic mass is 10.1. The molecule has 4 nitrogen and oxygen atoms in total. The lowest BCUT2D eigenvalue weighted by molar-refractivity contribution is -0.143. The highest BCUT2D eigenvalue weighted by Gasteiger charge is 2.23. The second kappa shape index (κ2) is 3.69. The molecule has 1 unspecified atom stereocenters. The summed E-state index contributed by atoms with van der Waals surface area (Å²) >= 11 is 0. The van der Waals surface area contributed by atoms with Gasteiger partial charge in [-0.2, -0.15) is 0 Å². The van der Waals surface area contributed by atoms with Gasteiger partial charge in [0.25, 0.3) is 0 Å². The van der Waals surface area contributed by atoms with Crippen LogP contribution in [0.3, 0.4) is 0 Å². The summed E-state index contributed by atoms with van der Waals surface area (Å²) in [6.45, 7) is 1.47. The third kappa shape index (κ3) is 2.48. The van der Waals surface area contributed by atoms with Gasteiger partial charge < -0.3 is 14.7 Å². The van der Waals surface area contributed by atoms with Crippen LogP contribution in [0, 0.1) is 0 Å². The smallest absolute Gasteiger partial charge is 0.329 e. The van der Waals surface area contributed by atoms with Crippen LogP contribution in [0.4, 0.5) is 0 Å². The number of aliphatic carboxylic acids is 1. The summed E-state index contributed by atoms with van der Waals surface area (Å²) in [6, 6.07) is 0.439. The molecule has 1 aliphatic rings. The molecule has 1 saturated heterocycles. The quantitative estimate of drug-likeness (QED) is 0.616. The number of carboxylic acid groups (broad SMARTS) is 1. The molecule has 0 aromatic heterocycles. The Balaban J connectivity index is 1.99. The van der Waals surface area contributed by atoms with Crippen LogP contribution >= 0.6 is 0 Å². The van der Waals surface area contributed by atoms with Crippen molar-refractivity contribution in [2.24, 2.45) is 0 Å². The maximum atomic E-state index is 10.0. The van der Waals surface area contributed by atoms with Crippen LogP contribution in [0.25, 0.3) is 0 Å². The van der Waals surface area contributed by atoms with E-state index in [9.17, 15) is 4.79 Å². The topological polar surface area (TPSA) is 49.8 Å². The molecule has 0 bridgehead atoms. The zero-order chi connectivity index (χ0) is 8.27. The van der Waals surface area contributed by atoms with Gasteiger partial charge in [-0.25, -0.2) is 4.79 Å². The molecular weight excluding hydrogens is 146 g/mol. The molecule has 1 N–H and O–H groups in total. The van der Waals surface area contributed by atoms with Crippen molar-refractivity contribution < 1.29 is 14.6 Å². The Hall–Kier alpha value is -0.610. The van der Waals surface area contributed by atoms with E-state index in [2.05, 4.69) is 4.90 Å². The largest absolute Gasteiger partial charge is 0.480 e. The van der Waals surface area contributed by atoms with E-state index >= 15 is 0 Å². The molecule has 4 heteroatoms. The van der Waals surface area contributed by atoms with Gasteiger partial charge in [0, 0.05) is 6.04 Å². The molecule has 0 aromatic carbocycles. The first-order valence-corrected chi connectivity index (χ1v) is 3.70. The maximum Gasteiger partial charge on any atom is 0.329 e. The zero-order valence-corrected chi connectivity index (χ0v) is 6.62. The molecule has 0 spiro atoms. The second-order valence-corrected chi connectivity index (χ2v) is 2.83. The molecule has 0 saturated carbocycles. The Labute approximate surface area is 65.8 Å². The Bertz CT molecular complexity index is 149. The fourth-order valence-corrected chi connectivity index (χ4v) is 1.06. The summed E-state index contributed by atoms with van der Waals surface area (Å²) in [5.41, 5.74) is 0. The molecule has 1 fully saturated rings. The van der Waals surface area contributed by atoms with Crippen molar-refractivity contribution in [3.8, 4) is 0 Å². The van der Waals surface area contributed by atoms with Gasteiger partial charge >= 0.3 is 5.97 Å². The molecule has 1 heterocycles. The minimum Gasteiger partial charge on any atom is -0.480 e. The molecule has 1 aliphatic heterocycles. The first kappa shape index (κ1) is 8.49. The standard InChI is InChI=1S/C7H13NO3/c1-8-3-2-6(8)4-11-5-7(9)10/h6H,2-5H2,1H3,(H,9,10). The van der Waals surface area contributed by atoms with Crippen LogP contribution in [0.15, 0.2) is 0 Å². The predicted octanol–water partition coefficient (Wildman–Crippen LogP) is -0.208. The van der Waals surface area contributed by atoms with Crippen LogP contribution in [-0.4, -0.2) is 48.8 Å². The highest BCUT2D eigenvalue weighted by atomic mass is 16.5. The van der Waals surface area contributed by atoms with Gasteiger partial charge in [-0.1, -0.05) is 0 Å². The first-order chi connectivity index (χ1) is 5.20. The Morgan fingerprint density at radius 1 is 1.82 bits per heavy atom. The summed E-state index contributed by atoms with van der Waals surface area (Å²) in [4.78, 5) is 12.2. The van der Waals surface area contributed by atoms with E-state index in [-0.39, 0.29) is 6.61 Å². The van der Waals surface area contributed by atoms with E-state index in [0.717, 1.165) is 13.0 Å². The maximum absolute atomic E-state index is 10.0. The van der Waals surface area contributed by atoms with Gasteiger partial charge in [-0.15, -0.1) is 0 Å². The van der Waals surface area contributed by atoms with E-state index in [1.165, 1.54) is 0 Å². The monoisotopic (exact) mass is 159 g/mol. The zero-order valence-electron chi connectivity index (χ0n) is 6.62. The average molecular weight is 159 g/mol. The summed E-state index contributed by atoms with van der Waals surface area (Å²) in [6.07, 6.45) is 1.12. The second-order valence-electron chi connectivity index (χ2n) is 2.83. The number of likely N-dealkylation sites (tertiary alicyclic amines) is 1. The van der Waals surface area contributed by atoms with Gasteiger partial charge in [-0.3, -0.25) is 0 Å². The highest BCUT2D eigenvalue weighted by molar-refractivity contribution is 5.67. The SMILES string of the molecule is CN1CCC1COCC(=O)O. The Kier molecular flexibility index (Phi) is 2.84. The van der Waals surface area contributed by atoms with Crippen LogP contribution in [0.1, 0.15) is 6.42 Å². The van der Waals surface area contributed by atoms with Crippen LogP contribution in [0.2, 0.25) is 0 Å². The van der Waals surface area contributed by atoms with Crippen molar-refractivity contribution in [2.45, 2.75) is 12.5 Å². The third-order valence-electron chi connectivity index (χ3n) is 1.97. The van der Waals surface area contributed by atoms with E-state index in [0.29, 0.717) is 12.6 Å². The lowest BCUT2D eigenvalue weighted by Crippen LogP contribution is -2.47. The van der Waals surface area contributed by atoms with E-state index in [4.69, 9.17) is 9.84 Å². The predicted molar refractivity (Wildman–Crippen MR) is 39.5 cm³/mol. The first-order valence-electron chi connectivity index (χ1n) is 3.70. The highest BCUT2D eigenvalue weighted by Crippen LogP contribution is 2.13. The fourth-order valence-electron chi connectivity index (χ4n) is 1.06. The summed E-state index contributed by atoms with van der Waals surface area (Å²) in [5, 5.41) is 8.24. The summed E-state index contributed by atoms with van der Waals surface area (Å²) < 4.78 is 4.93. The molecule has 0 amide bonds. The van der Waals surface area contributed by atoms with Gasteiger partial charge in [0.2, 0.25) is 0 Å². The molecule has 0 aliphatic carbocycles. The molecule has 0 radical (unpaired) electrons. The molecular formula is C7H13NO3. The minimum absolute atomic E-state index is 0.176. The summed E-state index contributed by atoms with van der Waals surface area (Å²) in [5.74, 6) is -0.896. The van der Waals surface area contributed by atoms with Gasteiger partial charge in [0.05, 0.1) is 6.61 Å². The van der Waals surface area contributed by atoms with E-state index in [1.54, 1.807) is 0 Å². The normalized spacial score (nSPS) is 24.6. The summed E-state index contributed by atoms with van der Waals surface area (Å²) in [7, 11) is 2.01. The van der Waals surface area contributed by atoms with Crippen molar-refractivity contribution in [3.63, 3.8) is 0 Å².